The summed E-state index contributed by atoms with van der Waals surface area (Å²) in [4.78, 5) is 16.8. The van der Waals surface area contributed by atoms with E-state index in [1.54, 1.807) is 30.2 Å². The highest BCUT2D eigenvalue weighted by Gasteiger charge is 2.37. The smallest absolute Gasteiger partial charge is 0.410 e. The predicted molar refractivity (Wildman–Crippen MR) is 107 cm³/mol. The van der Waals surface area contributed by atoms with Crippen LogP contribution in [0, 0.1) is 6.92 Å². The molecule has 1 amide bonds. The van der Waals surface area contributed by atoms with E-state index >= 15 is 0 Å². The average molecular weight is 418 g/mol. The Hall–Kier alpha value is -3.30. The lowest BCUT2D eigenvalue weighted by molar-refractivity contribution is -0.0611. The topological polar surface area (TPSA) is 84.6 Å². The number of piperidine rings is 1. The fraction of sp³-hybridized carbons (Fsp3) is 0.400. The maximum Gasteiger partial charge on any atom is 0.410 e. The predicted octanol–water partition coefficient (Wildman–Crippen LogP) is 3.53. The molecular weight excluding hydrogens is 394 g/mol. The summed E-state index contributed by atoms with van der Waals surface area (Å²) in [5, 5.41) is 10.5. The van der Waals surface area contributed by atoms with Gasteiger partial charge in [-0.3, -0.25) is 4.40 Å². The van der Waals surface area contributed by atoms with E-state index in [9.17, 15) is 13.6 Å². The minimum absolute atomic E-state index is 0.112. The average Bonchev–Trinajstić information content (AvgIpc) is 3.22. The van der Waals surface area contributed by atoms with Crippen LogP contribution in [0.1, 0.15) is 24.0 Å². The maximum atomic E-state index is 13.2. The van der Waals surface area contributed by atoms with Crippen molar-refractivity contribution in [3.05, 3.63) is 54.1 Å². The van der Waals surface area contributed by atoms with Gasteiger partial charge in [0, 0.05) is 32.4 Å². The van der Waals surface area contributed by atoms with E-state index in [2.05, 4.69) is 20.5 Å². The Balaban J connectivity index is 0.000000196. The van der Waals surface area contributed by atoms with Crippen molar-refractivity contribution in [2.75, 3.05) is 25.5 Å². The number of aromatic nitrogens is 4. The molecule has 30 heavy (non-hydrogen) atoms. The number of hydrogen-bond acceptors (Lipinski definition) is 6. The summed E-state index contributed by atoms with van der Waals surface area (Å²) in [5.41, 5.74) is 2.71. The van der Waals surface area contributed by atoms with Gasteiger partial charge in [-0.25, -0.2) is 18.6 Å². The number of halogens is 2. The summed E-state index contributed by atoms with van der Waals surface area (Å²) < 4.78 is 33.2. The van der Waals surface area contributed by atoms with Gasteiger partial charge in [-0.05, 0) is 18.9 Å². The Labute approximate surface area is 172 Å². The molecule has 0 radical (unpaired) electrons. The number of benzene rings is 1. The van der Waals surface area contributed by atoms with Crippen molar-refractivity contribution in [2.24, 2.45) is 0 Å². The first-order valence-corrected chi connectivity index (χ1v) is 9.55. The molecule has 0 spiro atoms. The third-order valence-electron chi connectivity index (χ3n) is 4.59. The van der Waals surface area contributed by atoms with Crippen molar-refractivity contribution >= 4 is 17.6 Å². The van der Waals surface area contributed by atoms with Crippen molar-refractivity contribution in [3.63, 3.8) is 0 Å². The van der Waals surface area contributed by atoms with Gasteiger partial charge in [0.2, 0.25) is 5.65 Å². The first-order valence-electron chi connectivity index (χ1n) is 9.55. The summed E-state index contributed by atoms with van der Waals surface area (Å²) in [6.45, 7) is 1.87. The number of anilines is 1. The van der Waals surface area contributed by atoms with E-state index < -0.39 is 18.6 Å². The third kappa shape index (κ3) is 5.62. The molecule has 0 bridgehead atoms. The first-order chi connectivity index (χ1) is 14.4. The molecule has 3 aromatic rings. The first kappa shape index (κ1) is 21.4. The number of carbonyl (C=O) groups is 1. The summed E-state index contributed by atoms with van der Waals surface area (Å²) in [6.07, 6.45) is 4.62. The molecule has 1 aliphatic rings. The number of nitrogens with one attached hydrogen (secondary N) is 1. The van der Waals surface area contributed by atoms with E-state index in [1.807, 2.05) is 31.2 Å². The van der Waals surface area contributed by atoms with E-state index in [0.29, 0.717) is 13.0 Å². The van der Waals surface area contributed by atoms with Crippen LogP contribution >= 0.6 is 0 Å². The summed E-state index contributed by atoms with van der Waals surface area (Å²) in [6, 6.07) is 7.54. The van der Waals surface area contributed by atoms with Crippen molar-refractivity contribution in [1.29, 1.82) is 0 Å². The highest BCUT2D eigenvalue weighted by molar-refractivity contribution is 5.67. The summed E-state index contributed by atoms with van der Waals surface area (Å²) in [7, 11) is 1.80. The molecule has 1 saturated heterocycles. The van der Waals surface area contributed by atoms with Gasteiger partial charge in [0.1, 0.15) is 12.9 Å². The number of aryl methyl sites for hydroxylation is 1. The summed E-state index contributed by atoms with van der Waals surface area (Å²) >= 11 is 0. The van der Waals surface area contributed by atoms with Crippen LogP contribution < -0.4 is 5.32 Å². The van der Waals surface area contributed by atoms with Crippen LogP contribution in [0.25, 0.3) is 5.65 Å². The minimum Gasteiger partial charge on any atom is -0.445 e. The van der Waals surface area contributed by atoms with Crippen molar-refractivity contribution in [1.82, 2.24) is 24.5 Å². The van der Waals surface area contributed by atoms with Crippen molar-refractivity contribution in [3.8, 4) is 0 Å². The second kappa shape index (κ2) is 9.47. The SMILES string of the molecule is CNc1nccn2cnnc12.Cc1ccc(COC(=O)N2CCCC(F)(F)C2)cc1. The Morgan fingerprint density at radius 2 is 2.07 bits per heavy atom. The fourth-order valence-corrected chi connectivity index (χ4v) is 2.98. The van der Waals surface area contributed by atoms with Gasteiger partial charge in [-0.15, -0.1) is 10.2 Å². The van der Waals surface area contributed by atoms with Crippen LogP contribution in [-0.2, 0) is 11.3 Å². The van der Waals surface area contributed by atoms with Gasteiger partial charge in [0.05, 0.1) is 6.54 Å². The van der Waals surface area contributed by atoms with Crippen LogP contribution in [0.2, 0.25) is 0 Å². The molecule has 0 saturated carbocycles. The molecule has 3 heterocycles. The number of fused-ring (bicyclic) bond motifs is 1. The highest BCUT2D eigenvalue weighted by atomic mass is 19.3. The minimum atomic E-state index is -2.79. The number of hydrogen-bond donors (Lipinski definition) is 1. The van der Waals surface area contributed by atoms with Crippen LogP contribution in [0.3, 0.4) is 0 Å². The lowest BCUT2D eigenvalue weighted by Gasteiger charge is -2.31. The van der Waals surface area contributed by atoms with E-state index in [1.165, 1.54) is 0 Å². The van der Waals surface area contributed by atoms with E-state index in [4.69, 9.17) is 4.74 Å². The van der Waals surface area contributed by atoms with Crippen molar-refractivity contribution < 1.29 is 18.3 Å². The van der Waals surface area contributed by atoms with Crippen LogP contribution in [0.5, 0.6) is 0 Å². The molecule has 1 fully saturated rings. The Morgan fingerprint density at radius 3 is 2.77 bits per heavy atom. The van der Waals surface area contributed by atoms with E-state index in [-0.39, 0.29) is 13.0 Å². The molecule has 0 unspecified atom stereocenters. The second-order valence-corrected chi connectivity index (χ2v) is 7.01. The molecule has 4 rings (SSSR count). The summed E-state index contributed by atoms with van der Waals surface area (Å²) in [5.74, 6) is -2.05. The van der Waals surface area contributed by atoms with Crippen LogP contribution in [-0.4, -0.2) is 56.6 Å². The standard InChI is InChI=1S/C14H17F2NO2.C6H7N5/c1-11-3-5-12(6-4-11)9-19-13(18)17-8-2-7-14(15,16)10-17;1-7-5-6-10-9-4-11(6)3-2-8-5/h3-6H,2,7-10H2,1H3;2-4H,1H3,(H,7,8). The monoisotopic (exact) mass is 418 g/mol. The zero-order chi connectivity index (χ0) is 21.6. The molecular formula is C20H24F2N6O2. The lowest BCUT2D eigenvalue weighted by atomic mass is 10.1. The molecule has 2 aromatic heterocycles. The Kier molecular flexibility index (Phi) is 6.76. The van der Waals surface area contributed by atoms with Crippen LogP contribution in [0.15, 0.2) is 43.0 Å². The number of rotatable bonds is 3. The molecule has 0 atom stereocenters. The molecule has 0 aliphatic carbocycles. The van der Waals surface area contributed by atoms with Crippen molar-refractivity contribution in [2.45, 2.75) is 32.3 Å². The molecule has 8 nitrogen and oxygen atoms in total. The van der Waals surface area contributed by atoms with E-state index in [0.717, 1.165) is 27.5 Å². The highest BCUT2D eigenvalue weighted by Crippen LogP contribution is 2.26. The number of ether oxygens (including phenoxy) is 1. The molecule has 10 heteroatoms. The van der Waals surface area contributed by atoms with Gasteiger partial charge in [0.15, 0.2) is 5.82 Å². The number of likely N-dealkylation sites (tertiary alicyclic amines) is 1. The second-order valence-electron chi connectivity index (χ2n) is 7.01. The van der Waals surface area contributed by atoms with Crippen LogP contribution in [0.4, 0.5) is 19.4 Å². The van der Waals surface area contributed by atoms with Gasteiger partial charge >= 0.3 is 6.09 Å². The van der Waals surface area contributed by atoms with Gasteiger partial charge < -0.3 is 15.0 Å². The fourth-order valence-electron chi connectivity index (χ4n) is 2.98. The quantitative estimate of drug-likeness (QED) is 0.701. The Bertz CT molecular complexity index is 977. The molecule has 1 N–H and O–H groups in total. The number of carbonyl (C=O) groups excluding carboxylic acids is 1. The molecule has 160 valence electrons. The number of alkyl halides is 2. The van der Waals surface area contributed by atoms with Gasteiger partial charge in [0.25, 0.3) is 5.92 Å². The maximum absolute atomic E-state index is 13.2. The molecule has 1 aromatic carbocycles. The zero-order valence-corrected chi connectivity index (χ0v) is 16.9. The zero-order valence-electron chi connectivity index (χ0n) is 16.9. The lowest BCUT2D eigenvalue weighted by Crippen LogP contribution is -2.45. The molecule has 1 aliphatic heterocycles. The largest absolute Gasteiger partial charge is 0.445 e. The Morgan fingerprint density at radius 1 is 1.30 bits per heavy atom. The van der Waals surface area contributed by atoms with Gasteiger partial charge in [-0.2, -0.15) is 0 Å². The third-order valence-corrected chi connectivity index (χ3v) is 4.59. The number of nitrogens with zero attached hydrogens (tertiary/aromatic N) is 5. The number of amides is 1. The normalized spacial score (nSPS) is 15.3. The van der Waals surface area contributed by atoms with Gasteiger partial charge in [-0.1, -0.05) is 29.8 Å².